The maximum atomic E-state index is 13.4. The monoisotopic (exact) mass is 509 g/mol. The van der Waals surface area contributed by atoms with Gasteiger partial charge in [0, 0.05) is 24.1 Å². The number of nitro benzene ring substituents is 1. The molecule has 198 valence electrons. The Morgan fingerprint density at radius 1 is 1.08 bits per heavy atom. The second kappa shape index (κ2) is 11.3. The van der Waals surface area contributed by atoms with E-state index in [1.54, 1.807) is 6.08 Å². The van der Waals surface area contributed by atoms with E-state index in [-0.39, 0.29) is 36.1 Å². The molecule has 3 rings (SSSR count). The maximum Gasteiger partial charge on any atom is 0.338 e. The molecule has 0 aromatic heterocycles. The van der Waals surface area contributed by atoms with Crippen LogP contribution in [0.25, 0.3) is 6.08 Å². The van der Waals surface area contributed by atoms with Gasteiger partial charge >= 0.3 is 11.9 Å². The number of nitro groups is 1. The zero-order chi connectivity index (χ0) is 27.5. The molecule has 37 heavy (non-hydrogen) atoms. The number of cyclic esters (lactones) is 1. The predicted molar refractivity (Wildman–Crippen MR) is 141 cm³/mol. The highest BCUT2D eigenvalue weighted by Crippen LogP contribution is 2.35. The molecule has 8 nitrogen and oxygen atoms in total. The van der Waals surface area contributed by atoms with Crippen molar-refractivity contribution >= 4 is 23.7 Å². The Labute approximate surface area is 217 Å². The Morgan fingerprint density at radius 2 is 1.65 bits per heavy atom. The summed E-state index contributed by atoms with van der Waals surface area (Å²) in [4.78, 5) is 36.4. The second-order valence-corrected chi connectivity index (χ2v) is 10.5. The lowest BCUT2D eigenvalue weighted by Gasteiger charge is -2.26. The van der Waals surface area contributed by atoms with Crippen LogP contribution < -0.4 is 0 Å². The van der Waals surface area contributed by atoms with Gasteiger partial charge in [0.2, 0.25) is 0 Å². The molecule has 0 bridgehead atoms. The minimum absolute atomic E-state index is 0.0347. The van der Waals surface area contributed by atoms with Crippen molar-refractivity contribution in [3.63, 3.8) is 0 Å². The molecule has 1 atom stereocenters. The van der Waals surface area contributed by atoms with Gasteiger partial charge in [-0.15, -0.1) is 0 Å². The van der Waals surface area contributed by atoms with E-state index >= 15 is 0 Å². The van der Waals surface area contributed by atoms with Crippen LogP contribution in [0.3, 0.4) is 0 Å². The third-order valence-corrected chi connectivity index (χ3v) is 6.62. The molecule has 0 saturated carbocycles. The van der Waals surface area contributed by atoms with Crippen LogP contribution in [0.1, 0.15) is 98.3 Å². The van der Waals surface area contributed by atoms with E-state index in [4.69, 9.17) is 9.47 Å². The minimum Gasteiger partial charge on any atom is -0.458 e. The first-order chi connectivity index (χ1) is 17.4. The summed E-state index contributed by atoms with van der Waals surface area (Å²) in [5, 5.41) is 21.0. The second-order valence-electron chi connectivity index (χ2n) is 10.5. The Morgan fingerprint density at radius 3 is 2.11 bits per heavy atom. The van der Waals surface area contributed by atoms with Crippen molar-refractivity contribution in [3.8, 4) is 0 Å². The summed E-state index contributed by atoms with van der Waals surface area (Å²) in [5.41, 5.74) is 2.89. The number of ether oxygens (including phenoxy) is 2. The van der Waals surface area contributed by atoms with Gasteiger partial charge in [-0.05, 0) is 58.2 Å². The average Bonchev–Trinajstić information content (AvgIpc) is 3.17. The van der Waals surface area contributed by atoms with Gasteiger partial charge in [-0.25, -0.2) is 9.59 Å². The van der Waals surface area contributed by atoms with Crippen molar-refractivity contribution in [2.45, 2.75) is 71.3 Å². The Bertz CT molecular complexity index is 1180. The summed E-state index contributed by atoms with van der Waals surface area (Å²) in [6.07, 6.45) is 1.59. The molecule has 2 aromatic carbocycles. The minimum atomic E-state index is -1.40. The average molecular weight is 510 g/mol. The molecule has 1 aliphatic heterocycles. The van der Waals surface area contributed by atoms with Gasteiger partial charge in [-0.2, -0.15) is 0 Å². The van der Waals surface area contributed by atoms with E-state index in [0.29, 0.717) is 17.0 Å². The van der Waals surface area contributed by atoms with Gasteiger partial charge < -0.3 is 14.6 Å². The fourth-order valence-corrected chi connectivity index (χ4v) is 4.40. The number of carbonyl (C=O) groups is 2. The summed E-state index contributed by atoms with van der Waals surface area (Å²) >= 11 is 0. The molecule has 2 aromatic rings. The predicted octanol–water partition coefficient (Wildman–Crippen LogP) is 5.88. The highest BCUT2D eigenvalue weighted by Gasteiger charge is 2.45. The summed E-state index contributed by atoms with van der Waals surface area (Å²) in [7, 11) is 0. The molecule has 1 saturated heterocycles. The van der Waals surface area contributed by atoms with Crippen molar-refractivity contribution in [3.05, 3.63) is 79.9 Å². The van der Waals surface area contributed by atoms with E-state index in [0.717, 1.165) is 16.7 Å². The van der Waals surface area contributed by atoms with Crippen molar-refractivity contribution in [2.75, 3.05) is 13.2 Å². The van der Waals surface area contributed by atoms with E-state index < -0.39 is 29.1 Å². The molecule has 8 heteroatoms. The molecule has 0 radical (unpaired) electrons. The number of aliphatic hydroxyl groups is 1. The first-order valence-corrected chi connectivity index (χ1v) is 12.5. The number of rotatable bonds is 9. The smallest absolute Gasteiger partial charge is 0.338 e. The SMILES string of the molecule is CC(C)c1cc(C(C)C)c(C(=O)OCC2(CO)C/C(=C/c3ccc([N+](=O)[O-])cc3)C(=O)O2)c(C(C)C)c1. The maximum absolute atomic E-state index is 13.4. The topological polar surface area (TPSA) is 116 Å². The zero-order valence-corrected chi connectivity index (χ0v) is 22.2. The van der Waals surface area contributed by atoms with E-state index in [9.17, 15) is 24.8 Å². The molecular formula is C29H35NO7. The summed E-state index contributed by atoms with van der Waals surface area (Å²) in [6, 6.07) is 9.85. The number of nitrogens with zero attached hydrogens (tertiary/aromatic N) is 1. The third-order valence-electron chi connectivity index (χ3n) is 6.62. The molecule has 0 aliphatic carbocycles. The number of esters is 2. The summed E-state index contributed by atoms with van der Waals surface area (Å²) < 4.78 is 11.2. The van der Waals surface area contributed by atoms with Gasteiger partial charge in [-0.3, -0.25) is 10.1 Å². The van der Waals surface area contributed by atoms with Crippen LogP contribution in [0.2, 0.25) is 0 Å². The van der Waals surface area contributed by atoms with Crippen molar-refractivity contribution in [1.82, 2.24) is 0 Å². The lowest BCUT2D eigenvalue weighted by molar-refractivity contribution is -0.384. The van der Waals surface area contributed by atoms with E-state index in [2.05, 4.69) is 26.0 Å². The van der Waals surface area contributed by atoms with Gasteiger partial charge in [-0.1, -0.05) is 53.7 Å². The van der Waals surface area contributed by atoms with Crippen LogP contribution in [0.4, 0.5) is 5.69 Å². The lowest BCUT2D eigenvalue weighted by Crippen LogP contribution is -2.39. The van der Waals surface area contributed by atoms with Gasteiger partial charge in [0.25, 0.3) is 5.69 Å². The van der Waals surface area contributed by atoms with Gasteiger partial charge in [0.05, 0.1) is 17.1 Å². The largest absolute Gasteiger partial charge is 0.458 e. The zero-order valence-electron chi connectivity index (χ0n) is 22.2. The number of aliphatic hydroxyl groups excluding tert-OH is 1. The molecule has 0 spiro atoms. The Hall–Kier alpha value is -3.52. The fraction of sp³-hybridized carbons (Fsp3) is 0.448. The first-order valence-electron chi connectivity index (χ1n) is 12.5. The van der Waals surface area contributed by atoms with Gasteiger partial charge in [0.15, 0.2) is 5.60 Å². The van der Waals surface area contributed by atoms with Crippen LogP contribution in [0, 0.1) is 10.1 Å². The van der Waals surface area contributed by atoms with E-state index in [1.807, 2.05) is 27.7 Å². The summed E-state index contributed by atoms with van der Waals surface area (Å²) in [5.74, 6) is -0.663. The molecule has 1 N–H and O–H groups in total. The number of carbonyl (C=O) groups excluding carboxylic acids is 2. The van der Waals surface area contributed by atoms with Crippen LogP contribution >= 0.6 is 0 Å². The van der Waals surface area contributed by atoms with Crippen molar-refractivity contribution in [1.29, 1.82) is 0 Å². The lowest BCUT2D eigenvalue weighted by atomic mass is 9.84. The summed E-state index contributed by atoms with van der Waals surface area (Å²) in [6.45, 7) is 11.5. The van der Waals surface area contributed by atoms with Crippen LogP contribution in [0.15, 0.2) is 42.0 Å². The quantitative estimate of drug-likeness (QED) is 0.194. The number of non-ortho nitro benzene ring substituents is 1. The van der Waals surface area contributed by atoms with Gasteiger partial charge in [0.1, 0.15) is 6.61 Å². The standard InChI is InChI=1S/C29H35NO7/c1-17(2)21-12-24(18(3)4)26(25(13-21)19(5)6)28(33)36-16-29(15-31)14-22(27(32)37-29)11-20-7-9-23(10-8-20)30(34)35/h7-13,17-19,31H,14-16H2,1-6H3/b22-11-. The Kier molecular flexibility index (Phi) is 8.53. The van der Waals surface area contributed by atoms with Crippen LogP contribution in [-0.2, 0) is 14.3 Å². The number of hydrogen-bond acceptors (Lipinski definition) is 7. The third kappa shape index (κ3) is 6.25. The highest BCUT2D eigenvalue weighted by atomic mass is 16.6. The highest BCUT2D eigenvalue weighted by molar-refractivity contribution is 5.96. The Balaban J connectivity index is 1.85. The number of benzene rings is 2. The molecule has 1 fully saturated rings. The normalized spacial score (nSPS) is 18.6. The molecule has 1 aliphatic rings. The molecular weight excluding hydrogens is 474 g/mol. The van der Waals surface area contributed by atoms with Crippen molar-refractivity contribution < 1.29 is 29.1 Å². The van der Waals surface area contributed by atoms with Crippen LogP contribution in [0.5, 0.6) is 0 Å². The fourth-order valence-electron chi connectivity index (χ4n) is 4.40. The van der Waals surface area contributed by atoms with Crippen molar-refractivity contribution in [2.24, 2.45) is 0 Å². The first kappa shape index (κ1) is 28.1. The number of hydrogen-bond donors (Lipinski definition) is 1. The van der Waals surface area contributed by atoms with E-state index in [1.165, 1.54) is 24.3 Å². The molecule has 1 heterocycles. The molecule has 1 unspecified atom stereocenters. The molecule has 0 amide bonds. The van der Waals surface area contributed by atoms with Crippen LogP contribution in [-0.4, -0.2) is 40.8 Å².